The minimum Gasteiger partial charge on any atom is -0.484 e. The zero-order valence-electron chi connectivity index (χ0n) is 13.7. The third-order valence-corrected chi connectivity index (χ3v) is 4.39. The van der Waals surface area contributed by atoms with Crippen molar-refractivity contribution < 1.29 is 9.53 Å². The van der Waals surface area contributed by atoms with Crippen molar-refractivity contribution in [3.63, 3.8) is 0 Å². The van der Waals surface area contributed by atoms with Gasteiger partial charge >= 0.3 is 0 Å². The Kier molecular flexibility index (Phi) is 4.65. The van der Waals surface area contributed by atoms with Crippen LogP contribution in [0.3, 0.4) is 0 Å². The quantitative estimate of drug-likeness (QED) is 0.923. The third-order valence-electron chi connectivity index (χ3n) is 4.39. The van der Waals surface area contributed by atoms with E-state index in [1.807, 2.05) is 36.1 Å². The molecule has 1 N–H and O–H groups in total. The van der Waals surface area contributed by atoms with E-state index in [-0.39, 0.29) is 18.6 Å². The monoisotopic (exact) mass is 313 g/mol. The Morgan fingerprint density at radius 1 is 1.48 bits per heavy atom. The van der Waals surface area contributed by atoms with Crippen molar-refractivity contribution in [3.8, 4) is 5.75 Å². The molecule has 1 heterocycles. The number of benzene rings is 1. The maximum atomic E-state index is 12.2. The van der Waals surface area contributed by atoms with E-state index in [2.05, 4.69) is 23.4 Å². The topological polar surface area (TPSA) is 56.1 Å². The van der Waals surface area contributed by atoms with Crippen LogP contribution in [0.15, 0.2) is 30.5 Å². The van der Waals surface area contributed by atoms with Crippen LogP contribution in [-0.2, 0) is 24.7 Å². The lowest BCUT2D eigenvalue weighted by atomic mass is 9.93. The van der Waals surface area contributed by atoms with Gasteiger partial charge < -0.3 is 10.1 Å². The molecule has 1 amide bonds. The number of hydrogen-bond donors (Lipinski definition) is 1. The predicted molar refractivity (Wildman–Crippen MR) is 88.3 cm³/mol. The summed E-state index contributed by atoms with van der Waals surface area (Å²) in [6.45, 7) is 2.14. The maximum Gasteiger partial charge on any atom is 0.258 e. The van der Waals surface area contributed by atoms with Gasteiger partial charge in [0.2, 0.25) is 0 Å². The van der Waals surface area contributed by atoms with Gasteiger partial charge in [-0.1, -0.05) is 19.1 Å². The number of nitrogens with one attached hydrogen (secondary N) is 1. The number of carbonyl (C=O) groups excluding carboxylic acids is 1. The average Bonchev–Trinajstić information content (AvgIpc) is 2.96. The molecule has 1 aliphatic rings. The first kappa shape index (κ1) is 15.6. The minimum atomic E-state index is -0.0893. The average molecular weight is 313 g/mol. The zero-order valence-corrected chi connectivity index (χ0v) is 13.7. The summed E-state index contributed by atoms with van der Waals surface area (Å²) in [6.07, 6.45) is 5.87. The van der Waals surface area contributed by atoms with Crippen LogP contribution in [0.4, 0.5) is 0 Å². The molecule has 23 heavy (non-hydrogen) atoms. The first-order valence-corrected chi connectivity index (χ1v) is 8.19. The van der Waals surface area contributed by atoms with Gasteiger partial charge in [0.1, 0.15) is 5.75 Å². The van der Waals surface area contributed by atoms with Crippen LogP contribution < -0.4 is 10.1 Å². The fraction of sp³-hybridized carbons (Fsp3) is 0.444. The van der Waals surface area contributed by atoms with Gasteiger partial charge in [-0.3, -0.25) is 9.48 Å². The minimum absolute atomic E-state index is 0.0409. The fourth-order valence-corrected chi connectivity index (χ4v) is 3.10. The molecule has 5 heteroatoms. The van der Waals surface area contributed by atoms with Gasteiger partial charge in [-0.15, -0.1) is 0 Å². The van der Waals surface area contributed by atoms with E-state index < -0.39 is 0 Å². The molecule has 0 saturated carbocycles. The molecule has 1 aromatic heterocycles. The van der Waals surface area contributed by atoms with Crippen LogP contribution in [0.25, 0.3) is 0 Å². The molecule has 0 saturated heterocycles. The Morgan fingerprint density at radius 3 is 3.17 bits per heavy atom. The highest BCUT2D eigenvalue weighted by molar-refractivity contribution is 5.78. The molecule has 2 aromatic rings. The van der Waals surface area contributed by atoms with E-state index in [1.165, 1.54) is 11.3 Å². The molecular weight excluding hydrogens is 290 g/mol. The predicted octanol–water partition coefficient (Wildman–Crippen LogP) is 2.56. The molecule has 0 radical (unpaired) electrons. The molecule has 0 aliphatic heterocycles. The van der Waals surface area contributed by atoms with Crippen LogP contribution in [0, 0.1) is 0 Å². The van der Waals surface area contributed by atoms with Gasteiger partial charge in [0.15, 0.2) is 6.61 Å². The summed E-state index contributed by atoms with van der Waals surface area (Å²) in [6, 6.07) is 7.92. The Morgan fingerprint density at radius 2 is 2.35 bits per heavy atom. The SMILES string of the molecule is CCc1cccc(OCC(=O)N[C@@H]2CCCc3c2cnn3C)c1. The number of hydrogen-bond acceptors (Lipinski definition) is 3. The molecule has 1 aliphatic carbocycles. The number of nitrogens with zero attached hydrogens (tertiary/aromatic N) is 2. The summed E-state index contributed by atoms with van der Waals surface area (Å²) in [4.78, 5) is 12.2. The Labute approximate surface area is 136 Å². The second-order valence-corrected chi connectivity index (χ2v) is 5.97. The lowest BCUT2D eigenvalue weighted by molar-refractivity contribution is -0.123. The van der Waals surface area contributed by atoms with E-state index >= 15 is 0 Å². The van der Waals surface area contributed by atoms with Crippen LogP contribution in [-0.4, -0.2) is 22.3 Å². The molecule has 0 fully saturated rings. The highest BCUT2D eigenvalue weighted by Crippen LogP contribution is 2.29. The number of fused-ring (bicyclic) bond motifs is 1. The standard InChI is InChI=1S/C18H23N3O2/c1-3-13-6-4-7-14(10-13)23-12-18(22)20-16-8-5-9-17-15(16)11-19-21(17)2/h4,6-7,10-11,16H,3,5,8-9,12H2,1-2H3,(H,20,22)/t16-/m1/s1. The van der Waals surface area contributed by atoms with Gasteiger partial charge in [-0.25, -0.2) is 0 Å². The number of amides is 1. The van der Waals surface area contributed by atoms with Gasteiger partial charge in [0.05, 0.1) is 12.2 Å². The maximum absolute atomic E-state index is 12.2. The van der Waals surface area contributed by atoms with Gasteiger partial charge in [-0.2, -0.15) is 5.10 Å². The summed E-state index contributed by atoms with van der Waals surface area (Å²) in [5.74, 6) is 0.652. The summed E-state index contributed by atoms with van der Waals surface area (Å²) in [7, 11) is 1.95. The smallest absolute Gasteiger partial charge is 0.258 e. The van der Waals surface area contributed by atoms with Crippen molar-refractivity contribution >= 4 is 5.91 Å². The van der Waals surface area contributed by atoms with Crippen molar-refractivity contribution in [2.45, 2.75) is 38.6 Å². The van der Waals surface area contributed by atoms with Crippen molar-refractivity contribution in [1.82, 2.24) is 15.1 Å². The zero-order chi connectivity index (χ0) is 16.2. The number of ether oxygens (including phenoxy) is 1. The highest BCUT2D eigenvalue weighted by Gasteiger charge is 2.24. The molecule has 3 rings (SSSR count). The molecule has 1 aromatic carbocycles. The normalized spacial score (nSPS) is 16.7. The Balaban J connectivity index is 1.58. The molecule has 1 atom stereocenters. The van der Waals surface area contributed by atoms with E-state index in [0.29, 0.717) is 0 Å². The van der Waals surface area contributed by atoms with Crippen molar-refractivity contribution in [2.24, 2.45) is 7.05 Å². The first-order chi connectivity index (χ1) is 11.2. The largest absolute Gasteiger partial charge is 0.484 e. The van der Waals surface area contributed by atoms with E-state index in [9.17, 15) is 4.79 Å². The summed E-state index contributed by atoms with van der Waals surface area (Å²) in [5.41, 5.74) is 3.56. The van der Waals surface area contributed by atoms with Crippen molar-refractivity contribution in [1.29, 1.82) is 0 Å². The molecule has 0 spiro atoms. The summed E-state index contributed by atoms with van der Waals surface area (Å²) in [5, 5.41) is 7.37. The van der Waals surface area contributed by atoms with E-state index in [4.69, 9.17) is 4.74 Å². The molecule has 0 unspecified atom stereocenters. The van der Waals surface area contributed by atoms with Gasteiger partial charge in [0.25, 0.3) is 5.91 Å². The lowest BCUT2D eigenvalue weighted by Crippen LogP contribution is -2.34. The van der Waals surface area contributed by atoms with Gasteiger partial charge in [0, 0.05) is 18.3 Å². The summed E-state index contributed by atoms with van der Waals surface area (Å²) >= 11 is 0. The number of aromatic nitrogens is 2. The third kappa shape index (κ3) is 3.55. The van der Waals surface area contributed by atoms with Crippen LogP contribution in [0.2, 0.25) is 0 Å². The first-order valence-electron chi connectivity index (χ1n) is 8.19. The van der Waals surface area contributed by atoms with Crippen LogP contribution in [0.5, 0.6) is 5.75 Å². The number of rotatable bonds is 5. The lowest BCUT2D eigenvalue weighted by Gasteiger charge is -2.23. The van der Waals surface area contributed by atoms with E-state index in [0.717, 1.165) is 37.0 Å². The molecule has 0 bridgehead atoms. The van der Waals surface area contributed by atoms with Crippen molar-refractivity contribution in [3.05, 3.63) is 47.3 Å². The molecule has 5 nitrogen and oxygen atoms in total. The van der Waals surface area contributed by atoms with E-state index in [1.54, 1.807) is 0 Å². The molecule has 122 valence electrons. The summed E-state index contributed by atoms with van der Waals surface area (Å²) < 4.78 is 7.52. The second kappa shape index (κ2) is 6.86. The van der Waals surface area contributed by atoms with Crippen LogP contribution >= 0.6 is 0 Å². The Bertz CT molecular complexity index is 693. The van der Waals surface area contributed by atoms with Gasteiger partial charge in [-0.05, 0) is 43.4 Å². The highest BCUT2D eigenvalue weighted by atomic mass is 16.5. The number of carbonyl (C=O) groups is 1. The Hall–Kier alpha value is -2.30. The fourth-order valence-electron chi connectivity index (χ4n) is 3.10. The van der Waals surface area contributed by atoms with Crippen molar-refractivity contribution in [2.75, 3.05) is 6.61 Å². The molecular formula is C18H23N3O2. The number of aryl methyl sites for hydroxylation is 2. The van der Waals surface area contributed by atoms with Crippen LogP contribution in [0.1, 0.15) is 42.6 Å². The second-order valence-electron chi connectivity index (χ2n) is 5.97.